The van der Waals surface area contributed by atoms with Crippen LogP contribution in [-0.2, 0) is 12.0 Å². The Labute approximate surface area is 117 Å². The van der Waals surface area contributed by atoms with Crippen LogP contribution in [0.4, 0.5) is 13.2 Å². The summed E-state index contributed by atoms with van der Waals surface area (Å²) in [7, 11) is 0. The molecule has 1 aromatic carbocycles. The van der Waals surface area contributed by atoms with Crippen molar-refractivity contribution in [2.24, 2.45) is 5.92 Å². The Morgan fingerprint density at radius 2 is 1.90 bits per heavy atom. The van der Waals surface area contributed by atoms with E-state index < -0.39 is 17.7 Å². The Morgan fingerprint density at radius 1 is 1.25 bits per heavy atom. The van der Waals surface area contributed by atoms with Crippen LogP contribution in [0.5, 0.6) is 0 Å². The SMILES string of the molecule is CCCc1ccc(C2(O)CCCC(C(F)(F)F)C2)cc1. The van der Waals surface area contributed by atoms with E-state index in [2.05, 4.69) is 6.92 Å². The molecule has 1 aliphatic rings. The Morgan fingerprint density at radius 3 is 2.45 bits per heavy atom. The average molecular weight is 286 g/mol. The van der Waals surface area contributed by atoms with Gasteiger partial charge in [-0.2, -0.15) is 13.2 Å². The molecule has 1 aromatic rings. The van der Waals surface area contributed by atoms with E-state index >= 15 is 0 Å². The summed E-state index contributed by atoms with van der Waals surface area (Å²) in [6, 6.07) is 7.38. The van der Waals surface area contributed by atoms with Gasteiger partial charge in [0.25, 0.3) is 0 Å². The summed E-state index contributed by atoms with van der Waals surface area (Å²) in [4.78, 5) is 0. The second-order valence-electron chi connectivity index (χ2n) is 5.81. The van der Waals surface area contributed by atoms with Gasteiger partial charge >= 0.3 is 6.18 Å². The molecule has 1 aliphatic carbocycles. The highest BCUT2D eigenvalue weighted by Crippen LogP contribution is 2.46. The first-order valence-corrected chi connectivity index (χ1v) is 7.23. The molecule has 0 radical (unpaired) electrons. The molecule has 2 unspecified atom stereocenters. The van der Waals surface area contributed by atoms with Gasteiger partial charge in [0, 0.05) is 0 Å². The number of aliphatic hydroxyl groups is 1. The van der Waals surface area contributed by atoms with Crippen LogP contribution in [0.3, 0.4) is 0 Å². The van der Waals surface area contributed by atoms with E-state index in [1.807, 2.05) is 12.1 Å². The third kappa shape index (κ3) is 3.35. The highest BCUT2D eigenvalue weighted by molar-refractivity contribution is 5.28. The summed E-state index contributed by atoms with van der Waals surface area (Å²) in [5, 5.41) is 10.6. The lowest BCUT2D eigenvalue weighted by Gasteiger charge is -2.38. The van der Waals surface area contributed by atoms with Crippen LogP contribution in [0.2, 0.25) is 0 Å². The molecule has 0 bridgehead atoms. The fraction of sp³-hybridized carbons (Fsp3) is 0.625. The molecular weight excluding hydrogens is 265 g/mol. The predicted molar refractivity (Wildman–Crippen MR) is 72.3 cm³/mol. The maximum absolute atomic E-state index is 12.9. The van der Waals surface area contributed by atoms with Gasteiger partial charge in [0.15, 0.2) is 0 Å². The van der Waals surface area contributed by atoms with Crippen molar-refractivity contribution < 1.29 is 18.3 Å². The normalized spacial score (nSPS) is 27.6. The molecule has 1 fully saturated rings. The predicted octanol–water partition coefficient (Wildman–Crippen LogP) is 4.58. The van der Waals surface area contributed by atoms with Gasteiger partial charge in [-0.1, -0.05) is 37.6 Å². The van der Waals surface area contributed by atoms with Gasteiger partial charge in [-0.05, 0) is 43.2 Å². The first-order chi connectivity index (χ1) is 9.35. The van der Waals surface area contributed by atoms with E-state index in [1.54, 1.807) is 12.1 Å². The highest BCUT2D eigenvalue weighted by atomic mass is 19.4. The second-order valence-corrected chi connectivity index (χ2v) is 5.81. The van der Waals surface area contributed by atoms with E-state index in [4.69, 9.17) is 0 Å². The van der Waals surface area contributed by atoms with Gasteiger partial charge in [-0.15, -0.1) is 0 Å². The number of alkyl halides is 3. The van der Waals surface area contributed by atoms with E-state index in [1.165, 1.54) is 0 Å². The van der Waals surface area contributed by atoms with Gasteiger partial charge in [0.05, 0.1) is 11.5 Å². The van der Waals surface area contributed by atoms with Crippen LogP contribution < -0.4 is 0 Å². The maximum atomic E-state index is 12.9. The fourth-order valence-corrected chi connectivity index (χ4v) is 3.06. The van der Waals surface area contributed by atoms with Crippen LogP contribution in [-0.4, -0.2) is 11.3 Å². The number of halogens is 3. The fourth-order valence-electron chi connectivity index (χ4n) is 3.06. The quantitative estimate of drug-likeness (QED) is 0.862. The highest BCUT2D eigenvalue weighted by Gasteiger charge is 2.47. The topological polar surface area (TPSA) is 20.2 Å². The van der Waals surface area contributed by atoms with Gasteiger partial charge in [0.1, 0.15) is 0 Å². The van der Waals surface area contributed by atoms with E-state index in [9.17, 15) is 18.3 Å². The number of hydrogen-bond donors (Lipinski definition) is 1. The zero-order chi connectivity index (χ0) is 14.8. The first-order valence-electron chi connectivity index (χ1n) is 7.23. The van der Waals surface area contributed by atoms with Crippen molar-refractivity contribution in [3.63, 3.8) is 0 Å². The molecule has 1 saturated carbocycles. The minimum atomic E-state index is -4.21. The molecular formula is C16H21F3O. The lowest BCUT2D eigenvalue weighted by atomic mass is 9.74. The van der Waals surface area contributed by atoms with Crippen molar-refractivity contribution in [3.8, 4) is 0 Å². The van der Waals surface area contributed by atoms with Crippen molar-refractivity contribution >= 4 is 0 Å². The molecule has 0 aromatic heterocycles. The Kier molecular flexibility index (Phi) is 4.43. The molecule has 20 heavy (non-hydrogen) atoms. The molecule has 0 heterocycles. The van der Waals surface area contributed by atoms with Crippen molar-refractivity contribution in [3.05, 3.63) is 35.4 Å². The van der Waals surface area contributed by atoms with E-state index in [0.717, 1.165) is 18.4 Å². The number of aryl methyl sites for hydroxylation is 1. The lowest BCUT2D eigenvalue weighted by Crippen LogP contribution is -2.38. The summed E-state index contributed by atoms with van der Waals surface area (Å²) >= 11 is 0. The number of hydrogen-bond acceptors (Lipinski definition) is 1. The van der Waals surface area contributed by atoms with Gasteiger partial charge in [-0.3, -0.25) is 0 Å². The minimum Gasteiger partial charge on any atom is -0.385 e. The van der Waals surface area contributed by atoms with Crippen LogP contribution in [0.25, 0.3) is 0 Å². The largest absolute Gasteiger partial charge is 0.391 e. The molecule has 0 saturated heterocycles. The monoisotopic (exact) mass is 286 g/mol. The van der Waals surface area contributed by atoms with Crippen molar-refractivity contribution in [1.82, 2.24) is 0 Å². The first kappa shape index (κ1) is 15.4. The summed E-state index contributed by atoms with van der Waals surface area (Å²) < 4.78 is 38.6. The zero-order valence-electron chi connectivity index (χ0n) is 11.7. The minimum absolute atomic E-state index is 0.125. The molecule has 112 valence electrons. The van der Waals surface area contributed by atoms with Gasteiger partial charge in [-0.25, -0.2) is 0 Å². The molecule has 0 aliphatic heterocycles. The lowest BCUT2D eigenvalue weighted by molar-refractivity contribution is -0.201. The van der Waals surface area contributed by atoms with Crippen molar-refractivity contribution in [1.29, 1.82) is 0 Å². The third-order valence-electron chi connectivity index (χ3n) is 4.22. The molecule has 2 rings (SSSR count). The van der Waals surface area contributed by atoms with Crippen LogP contribution in [0.1, 0.15) is 50.2 Å². The third-order valence-corrected chi connectivity index (χ3v) is 4.22. The van der Waals surface area contributed by atoms with Gasteiger partial charge in [0.2, 0.25) is 0 Å². The van der Waals surface area contributed by atoms with Gasteiger partial charge < -0.3 is 5.11 Å². The zero-order valence-corrected chi connectivity index (χ0v) is 11.7. The summed E-state index contributed by atoms with van der Waals surface area (Å²) in [6.07, 6.45) is -1.51. The Hall–Kier alpha value is -1.03. The molecule has 1 N–H and O–H groups in total. The smallest absolute Gasteiger partial charge is 0.385 e. The Bertz CT molecular complexity index is 438. The van der Waals surface area contributed by atoms with Crippen molar-refractivity contribution in [2.45, 2.75) is 57.2 Å². The maximum Gasteiger partial charge on any atom is 0.391 e. The van der Waals surface area contributed by atoms with E-state index in [-0.39, 0.29) is 12.8 Å². The van der Waals surface area contributed by atoms with Crippen LogP contribution in [0, 0.1) is 5.92 Å². The Balaban J connectivity index is 2.17. The summed E-state index contributed by atoms with van der Waals surface area (Å²) in [6.45, 7) is 2.08. The molecule has 1 nitrogen and oxygen atoms in total. The van der Waals surface area contributed by atoms with Crippen LogP contribution in [0.15, 0.2) is 24.3 Å². The summed E-state index contributed by atoms with van der Waals surface area (Å²) in [5.74, 6) is -1.39. The van der Waals surface area contributed by atoms with Crippen LogP contribution >= 0.6 is 0 Å². The molecule has 4 heteroatoms. The summed E-state index contributed by atoms with van der Waals surface area (Å²) in [5.41, 5.74) is 0.442. The van der Waals surface area contributed by atoms with Crippen molar-refractivity contribution in [2.75, 3.05) is 0 Å². The molecule has 2 atom stereocenters. The second kappa shape index (κ2) is 5.76. The average Bonchev–Trinajstić information content (AvgIpc) is 2.39. The molecule has 0 spiro atoms. The molecule has 0 amide bonds. The van der Waals surface area contributed by atoms with E-state index in [0.29, 0.717) is 18.4 Å². The number of benzene rings is 1. The number of rotatable bonds is 3. The standard InChI is InChI=1S/C16H21F3O/c1-2-4-12-6-8-13(9-7-12)15(20)10-3-5-14(11-15)16(17,18)19/h6-9,14,20H,2-5,10-11H2,1H3.